The average Bonchev–Trinajstić information content (AvgIpc) is 2.69. The Balaban J connectivity index is 2.54. The second-order valence-corrected chi connectivity index (χ2v) is 6.02. The fourth-order valence-electron chi connectivity index (χ4n) is 2.03. The van der Waals surface area contributed by atoms with Crippen molar-refractivity contribution in [2.45, 2.75) is 20.4 Å². The van der Waals surface area contributed by atoms with Gasteiger partial charge in [-0.25, -0.2) is 4.79 Å². The van der Waals surface area contributed by atoms with E-state index in [-0.39, 0.29) is 11.1 Å². The number of thiophene rings is 1. The number of hydrogen-bond acceptors (Lipinski definition) is 3. The van der Waals surface area contributed by atoms with Gasteiger partial charge >= 0.3 is 5.97 Å². The van der Waals surface area contributed by atoms with Crippen molar-refractivity contribution >= 4 is 28.9 Å². The van der Waals surface area contributed by atoms with Crippen LogP contribution in [0.25, 0.3) is 0 Å². The Labute approximate surface area is 118 Å². The number of carboxylic acid groups (broad SMARTS) is 1. The van der Waals surface area contributed by atoms with E-state index in [1.54, 1.807) is 19.9 Å². The van der Waals surface area contributed by atoms with Crippen LogP contribution in [-0.4, -0.2) is 15.6 Å². The summed E-state index contributed by atoms with van der Waals surface area (Å²) in [5.41, 5.74) is 0.921. The van der Waals surface area contributed by atoms with Gasteiger partial charge in [-0.1, -0.05) is 11.6 Å². The van der Waals surface area contributed by atoms with E-state index < -0.39 is 5.97 Å². The van der Waals surface area contributed by atoms with Crippen molar-refractivity contribution in [3.63, 3.8) is 0 Å². The van der Waals surface area contributed by atoms with Gasteiger partial charge in [0.2, 0.25) is 0 Å². The second-order valence-electron chi connectivity index (χ2n) is 4.22. The third-order valence-corrected chi connectivity index (χ3v) is 4.14. The Kier molecular flexibility index (Phi) is 3.78. The molecule has 0 saturated heterocycles. The highest BCUT2D eigenvalue weighted by molar-refractivity contribution is 7.16. The van der Waals surface area contributed by atoms with E-state index in [9.17, 15) is 14.7 Å². The number of nitrogens with zero attached hydrogens (tertiary/aromatic N) is 1. The van der Waals surface area contributed by atoms with Crippen molar-refractivity contribution in [3.8, 4) is 0 Å². The monoisotopic (exact) mass is 297 g/mol. The first-order valence-electron chi connectivity index (χ1n) is 5.58. The molecule has 0 spiro atoms. The molecule has 2 aromatic rings. The van der Waals surface area contributed by atoms with E-state index in [2.05, 4.69) is 0 Å². The van der Waals surface area contributed by atoms with E-state index in [0.29, 0.717) is 22.1 Å². The van der Waals surface area contributed by atoms with E-state index in [1.807, 2.05) is 6.07 Å². The summed E-state index contributed by atoms with van der Waals surface area (Å²) < 4.78 is 2.10. The maximum Gasteiger partial charge on any atom is 0.337 e. The highest BCUT2D eigenvalue weighted by Crippen LogP contribution is 2.22. The van der Waals surface area contributed by atoms with Crippen LogP contribution >= 0.6 is 22.9 Å². The minimum atomic E-state index is -1.02. The molecule has 0 bridgehead atoms. The third kappa shape index (κ3) is 2.72. The first-order chi connectivity index (χ1) is 8.90. The molecule has 0 amide bonds. The van der Waals surface area contributed by atoms with E-state index in [4.69, 9.17) is 11.6 Å². The van der Waals surface area contributed by atoms with Crippen molar-refractivity contribution in [2.75, 3.05) is 0 Å². The van der Waals surface area contributed by atoms with Crippen LogP contribution in [0.2, 0.25) is 4.34 Å². The summed E-state index contributed by atoms with van der Waals surface area (Å²) in [7, 11) is 0. The predicted octanol–water partition coefficient (Wildman–Crippen LogP) is 2.93. The molecule has 2 rings (SSSR count). The highest BCUT2D eigenvalue weighted by Gasteiger charge is 2.16. The van der Waals surface area contributed by atoms with Crippen molar-refractivity contribution in [3.05, 3.63) is 54.6 Å². The molecule has 0 fully saturated rings. The van der Waals surface area contributed by atoms with Gasteiger partial charge in [-0.05, 0) is 31.5 Å². The number of aromatic nitrogens is 1. The van der Waals surface area contributed by atoms with Gasteiger partial charge in [0.25, 0.3) is 5.56 Å². The molecule has 0 aliphatic carbocycles. The number of aryl methyl sites for hydroxylation is 1. The predicted molar refractivity (Wildman–Crippen MR) is 75.6 cm³/mol. The van der Waals surface area contributed by atoms with Crippen LogP contribution in [0.5, 0.6) is 0 Å². The Bertz CT molecular complexity index is 702. The fourth-order valence-corrected chi connectivity index (χ4v) is 3.11. The minimum Gasteiger partial charge on any atom is -0.478 e. The van der Waals surface area contributed by atoms with Gasteiger partial charge < -0.3 is 9.67 Å². The van der Waals surface area contributed by atoms with Crippen LogP contribution in [0, 0.1) is 13.8 Å². The maximum atomic E-state index is 12.0. The maximum absolute atomic E-state index is 12.0. The zero-order valence-electron chi connectivity index (χ0n) is 10.4. The van der Waals surface area contributed by atoms with Crippen LogP contribution in [-0.2, 0) is 6.54 Å². The standard InChI is InChI=1S/C13H12ClNO3S/c1-7-5-11(16)15(8(2)12(7)13(17)18)6-9-3-4-10(14)19-9/h3-5H,6H2,1-2H3,(H,17,18). The summed E-state index contributed by atoms with van der Waals surface area (Å²) in [6.45, 7) is 3.61. The third-order valence-electron chi connectivity index (χ3n) is 2.92. The summed E-state index contributed by atoms with van der Waals surface area (Å²) in [4.78, 5) is 24.1. The lowest BCUT2D eigenvalue weighted by Crippen LogP contribution is -2.25. The van der Waals surface area contributed by atoms with Crippen molar-refractivity contribution in [2.24, 2.45) is 0 Å². The number of halogens is 1. The van der Waals surface area contributed by atoms with E-state index in [1.165, 1.54) is 22.0 Å². The highest BCUT2D eigenvalue weighted by atomic mass is 35.5. The molecule has 1 N–H and O–H groups in total. The summed E-state index contributed by atoms with van der Waals surface area (Å²) in [6, 6.07) is 4.94. The Hall–Kier alpha value is -1.59. The summed E-state index contributed by atoms with van der Waals surface area (Å²) in [5.74, 6) is -1.02. The number of pyridine rings is 1. The molecule has 0 atom stereocenters. The molecule has 0 saturated carbocycles. The Morgan fingerprint density at radius 1 is 1.42 bits per heavy atom. The SMILES string of the molecule is Cc1cc(=O)n(Cc2ccc(Cl)s2)c(C)c1C(=O)O. The van der Waals surface area contributed by atoms with Crippen molar-refractivity contribution < 1.29 is 9.90 Å². The molecule has 0 aromatic carbocycles. The zero-order valence-corrected chi connectivity index (χ0v) is 12.0. The lowest BCUT2D eigenvalue weighted by molar-refractivity contribution is 0.0694. The van der Waals surface area contributed by atoms with Gasteiger partial charge in [0.05, 0.1) is 16.4 Å². The largest absolute Gasteiger partial charge is 0.478 e. The van der Waals surface area contributed by atoms with Crippen LogP contribution in [0.1, 0.15) is 26.5 Å². The molecule has 2 heterocycles. The van der Waals surface area contributed by atoms with Gasteiger partial charge in [0.1, 0.15) is 0 Å². The van der Waals surface area contributed by atoms with Crippen molar-refractivity contribution in [1.29, 1.82) is 0 Å². The molecule has 0 aliphatic rings. The first kappa shape index (κ1) is 13.8. The van der Waals surface area contributed by atoms with Gasteiger partial charge in [-0.2, -0.15) is 0 Å². The van der Waals surface area contributed by atoms with Gasteiger partial charge in [-0.3, -0.25) is 4.79 Å². The normalized spacial score (nSPS) is 10.7. The molecule has 6 heteroatoms. The van der Waals surface area contributed by atoms with E-state index >= 15 is 0 Å². The Morgan fingerprint density at radius 3 is 2.63 bits per heavy atom. The van der Waals surface area contributed by atoms with Crippen LogP contribution in [0.15, 0.2) is 23.0 Å². The molecule has 100 valence electrons. The first-order valence-corrected chi connectivity index (χ1v) is 6.78. The summed E-state index contributed by atoms with van der Waals surface area (Å²) in [5, 5.41) is 9.20. The molecule has 0 aliphatic heterocycles. The molecule has 19 heavy (non-hydrogen) atoms. The van der Waals surface area contributed by atoms with Gasteiger partial charge in [0, 0.05) is 16.6 Å². The molecular formula is C13H12ClNO3S. The Morgan fingerprint density at radius 2 is 2.11 bits per heavy atom. The molecular weight excluding hydrogens is 286 g/mol. The lowest BCUT2D eigenvalue weighted by Gasteiger charge is -2.13. The molecule has 0 unspecified atom stereocenters. The fraction of sp³-hybridized carbons (Fsp3) is 0.231. The average molecular weight is 298 g/mol. The van der Waals surface area contributed by atoms with E-state index in [0.717, 1.165) is 4.88 Å². The topological polar surface area (TPSA) is 59.3 Å². The van der Waals surface area contributed by atoms with Gasteiger partial charge in [-0.15, -0.1) is 11.3 Å². The smallest absolute Gasteiger partial charge is 0.337 e. The quantitative estimate of drug-likeness (QED) is 0.947. The second kappa shape index (κ2) is 5.19. The minimum absolute atomic E-state index is 0.183. The molecule has 2 aromatic heterocycles. The van der Waals surface area contributed by atoms with Crippen LogP contribution in [0.3, 0.4) is 0 Å². The number of carboxylic acids is 1. The lowest BCUT2D eigenvalue weighted by atomic mass is 10.1. The molecule has 4 nitrogen and oxygen atoms in total. The number of rotatable bonds is 3. The van der Waals surface area contributed by atoms with Gasteiger partial charge in [0.15, 0.2) is 0 Å². The number of aromatic carboxylic acids is 1. The number of carbonyl (C=O) groups is 1. The molecule has 0 radical (unpaired) electrons. The van der Waals surface area contributed by atoms with Crippen LogP contribution in [0.4, 0.5) is 0 Å². The van der Waals surface area contributed by atoms with Crippen molar-refractivity contribution in [1.82, 2.24) is 4.57 Å². The zero-order chi connectivity index (χ0) is 14.2. The summed E-state index contributed by atoms with van der Waals surface area (Å²) >= 11 is 7.23. The van der Waals surface area contributed by atoms with Crippen LogP contribution < -0.4 is 5.56 Å². The number of hydrogen-bond donors (Lipinski definition) is 1. The summed E-state index contributed by atoms with van der Waals surface area (Å²) in [6.07, 6.45) is 0.